The molecule has 1 amide bonds. The minimum Gasteiger partial charge on any atom is -0.322 e. The highest BCUT2D eigenvalue weighted by Crippen LogP contribution is 2.15. The molecule has 0 bridgehead atoms. The molecule has 2 aromatic rings. The standard InChI is InChI=1S/C17H19FN2O3S/c1-13-7-3-4-8-14(13)11-20(24(2,22)23)12-17(21)19-16-10-6-5-9-15(16)18/h3-10H,11-12H2,1-2H3,(H,19,21). The summed E-state index contributed by atoms with van der Waals surface area (Å²) in [5.41, 5.74) is 1.76. The second-order valence-corrected chi connectivity index (χ2v) is 7.47. The van der Waals surface area contributed by atoms with Crippen LogP contribution in [0.3, 0.4) is 0 Å². The number of carbonyl (C=O) groups is 1. The molecule has 0 saturated carbocycles. The van der Waals surface area contributed by atoms with E-state index in [1.807, 2.05) is 31.2 Å². The van der Waals surface area contributed by atoms with Gasteiger partial charge in [0.25, 0.3) is 0 Å². The minimum absolute atomic E-state index is 0.0202. The Kier molecular flexibility index (Phi) is 5.69. The van der Waals surface area contributed by atoms with Crippen molar-refractivity contribution in [1.82, 2.24) is 4.31 Å². The molecule has 2 rings (SSSR count). The maximum Gasteiger partial charge on any atom is 0.239 e. The van der Waals surface area contributed by atoms with Crippen LogP contribution in [0.2, 0.25) is 0 Å². The number of aryl methyl sites for hydroxylation is 1. The normalized spacial score (nSPS) is 11.5. The van der Waals surface area contributed by atoms with Gasteiger partial charge in [-0.15, -0.1) is 0 Å². The smallest absolute Gasteiger partial charge is 0.239 e. The topological polar surface area (TPSA) is 66.5 Å². The van der Waals surface area contributed by atoms with Crippen molar-refractivity contribution < 1.29 is 17.6 Å². The van der Waals surface area contributed by atoms with Gasteiger partial charge in [0.2, 0.25) is 15.9 Å². The average Bonchev–Trinajstić information content (AvgIpc) is 2.50. The fraction of sp³-hybridized carbons (Fsp3) is 0.235. The number of hydrogen-bond donors (Lipinski definition) is 1. The van der Waals surface area contributed by atoms with Crippen LogP contribution in [-0.2, 0) is 21.4 Å². The van der Waals surface area contributed by atoms with Gasteiger partial charge in [-0.05, 0) is 30.2 Å². The molecule has 24 heavy (non-hydrogen) atoms. The molecule has 0 fully saturated rings. The lowest BCUT2D eigenvalue weighted by atomic mass is 10.1. The van der Waals surface area contributed by atoms with E-state index < -0.39 is 21.7 Å². The van der Waals surface area contributed by atoms with Gasteiger partial charge < -0.3 is 5.32 Å². The van der Waals surface area contributed by atoms with E-state index in [4.69, 9.17) is 0 Å². The van der Waals surface area contributed by atoms with Gasteiger partial charge in [-0.1, -0.05) is 36.4 Å². The number of para-hydroxylation sites is 1. The largest absolute Gasteiger partial charge is 0.322 e. The number of hydrogen-bond acceptors (Lipinski definition) is 3. The molecule has 0 radical (unpaired) electrons. The summed E-state index contributed by atoms with van der Waals surface area (Å²) >= 11 is 0. The molecule has 5 nitrogen and oxygen atoms in total. The third-order valence-corrected chi connectivity index (χ3v) is 4.74. The Morgan fingerprint density at radius 3 is 2.38 bits per heavy atom. The SMILES string of the molecule is Cc1ccccc1CN(CC(=O)Nc1ccccc1F)S(C)(=O)=O. The van der Waals surface area contributed by atoms with Crippen molar-refractivity contribution in [1.29, 1.82) is 0 Å². The Balaban J connectivity index is 2.14. The van der Waals surface area contributed by atoms with Gasteiger partial charge in [0.15, 0.2) is 0 Å². The molecule has 0 atom stereocenters. The number of rotatable bonds is 6. The van der Waals surface area contributed by atoms with Gasteiger partial charge in [0.05, 0.1) is 18.5 Å². The molecule has 0 saturated heterocycles. The van der Waals surface area contributed by atoms with Crippen molar-refractivity contribution in [3.8, 4) is 0 Å². The number of halogens is 1. The van der Waals surface area contributed by atoms with Crippen LogP contribution in [0, 0.1) is 12.7 Å². The van der Waals surface area contributed by atoms with E-state index in [0.29, 0.717) is 0 Å². The first kappa shape index (κ1) is 18.1. The number of benzene rings is 2. The van der Waals surface area contributed by atoms with Crippen molar-refractivity contribution in [3.05, 3.63) is 65.5 Å². The predicted molar refractivity (Wildman–Crippen MR) is 91.5 cm³/mol. The van der Waals surface area contributed by atoms with Crippen LogP contribution < -0.4 is 5.32 Å². The van der Waals surface area contributed by atoms with E-state index in [2.05, 4.69) is 5.32 Å². The van der Waals surface area contributed by atoms with E-state index in [1.54, 1.807) is 6.07 Å². The lowest BCUT2D eigenvalue weighted by Gasteiger charge is -2.20. The summed E-state index contributed by atoms with van der Waals surface area (Å²) < 4.78 is 38.6. The molecule has 128 valence electrons. The number of nitrogens with one attached hydrogen (secondary N) is 1. The number of anilines is 1. The summed E-state index contributed by atoms with van der Waals surface area (Å²) in [6, 6.07) is 13.1. The molecule has 0 aliphatic carbocycles. The van der Waals surface area contributed by atoms with E-state index in [0.717, 1.165) is 21.7 Å². The molecule has 0 spiro atoms. The molecular weight excluding hydrogens is 331 g/mol. The summed E-state index contributed by atoms with van der Waals surface area (Å²) in [7, 11) is -3.60. The first-order valence-electron chi connectivity index (χ1n) is 7.31. The van der Waals surface area contributed by atoms with Crippen molar-refractivity contribution >= 4 is 21.6 Å². The highest BCUT2D eigenvalue weighted by Gasteiger charge is 2.21. The van der Waals surface area contributed by atoms with Crippen LogP contribution in [0.15, 0.2) is 48.5 Å². The molecule has 1 N–H and O–H groups in total. The van der Waals surface area contributed by atoms with Crippen molar-refractivity contribution in [2.24, 2.45) is 0 Å². The van der Waals surface area contributed by atoms with Crippen molar-refractivity contribution in [3.63, 3.8) is 0 Å². The van der Waals surface area contributed by atoms with Crippen LogP contribution in [-0.4, -0.2) is 31.4 Å². The zero-order valence-corrected chi connectivity index (χ0v) is 14.3. The quantitative estimate of drug-likeness (QED) is 0.871. The summed E-state index contributed by atoms with van der Waals surface area (Å²) in [6.07, 6.45) is 1.04. The number of carbonyl (C=O) groups excluding carboxylic acids is 1. The maximum atomic E-state index is 13.6. The van der Waals surface area contributed by atoms with E-state index in [9.17, 15) is 17.6 Å². The average molecular weight is 350 g/mol. The van der Waals surface area contributed by atoms with E-state index in [-0.39, 0.29) is 18.8 Å². The minimum atomic E-state index is -3.60. The van der Waals surface area contributed by atoms with Crippen molar-refractivity contribution in [2.45, 2.75) is 13.5 Å². The molecule has 0 aromatic heterocycles. The highest BCUT2D eigenvalue weighted by atomic mass is 32.2. The van der Waals surface area contributed by atoms with Gasteiger partial charge in [-0.25, -0.2) is 12.8 Å². The monoisotopic (exact) mass is 350 g/mol. The third-order valence-electron chi connectivity index (χ3n) is 3.54. The summed E-state index contributed by atoms with van der Waals surface area (Å²) in [5.74, 6) is -1.17. The molecule has 0 aliphatic rings. The lowest BCUT2D eigenvalue weighted by Crippen LogP contribution is -2.37. The molecule has 7 heteroatoms. The molecular formula is C17H19FN2O3S. The van der Waals surface area contributed by atoms with Gasteiger partial charge >= 0.3 is 0 Å². The van der Waals surface area contributed by atoms with Gasteiger partial charge in [-0.2, -0.15) is 4.31 Å². The zero-order valence-electron chi connectivity index (χ0n) is 13.5. The van der Waals surface area contributed by atoms with Gasteiger partial charge in [0.1, 0.15) is 5.82 Å². The second-order valence-electron chi connectivity index (χ2n) is 5.49. The Labute approximate surface area is 141 Å². The van der Waals surface area contributed by atoms with E-state index >= 15 is 0 Å². The van der Waals surface area contributed by atoms with Crippen molar-refractivity contribution in [2.75, 3.05) is 18.1 Å². The Hall–Kier alpha value is -2.25. The number of amides is 1. The van der Waals surface area contributed by atoms with E-state index in [1.165, 1.54) is 18.2 Å². The molecule has 2 aromatic carbocycles. The van der Waals surface area contributed by atoms with Gasteiger partial charge in [0, 0.05) is 6.54 Å². The highest BCUT2D eigenvalue weighted by molar-refractivity contribution is 7.88. The van der Waals surface area contributed by atoms with Crippen LogP contribution in [0.25, 0.3) is 0 Å². The first-order chi connectivity index (χ1) is 11.3. The number of sulfonamides is 1. The molecule has 0 heterocycles. The Bertz CT molecular complexity index is 837. The van der Waals surface area contributed by atoms with Crippen LogP contribution in [0.1, 0.15) is 11.1 Å². The maximum absolute atomic E-state index is 13.6. The Morgan fingerprint density at radius 2 is 1.75 bits per heavy atom. The fourth-order valence-electron chi connectivity index (χ4n) is 2.18. The predicted octanol–water partition coefficient (Wildman–Crippen LogP) is 2.53. The molecule has 0 aliphatic heterocycles. The summed E-state index contributed by atoms with van der Waals surface area (Å²) in [5, 5.41) is 2.39. The second kappa shape index (κ2) is 7.55. The lowest BCUT2D eigenvalue weighted by molar-refractivity contribution is -0.116. The van der Waals surface area contributed by atoms with Crippen LogP contribution >= 0.6 is 0 Å². The zero-order chi connectivity index (χ0) is 17.7. The number of nitrogens with zero attached hydrogens (tertiary/aromatic N) is 1. The van der Waals surface area contributed by atoms with Crippen LogP contribution in [0.5, 0.6) is 0 Å². The first-order valence-corrected chi connectivity index (χ1v) is 9.16. The van der Waals surface area contributed by atoms with Gasteiger partial charge in [-0.3, -0.25) is 4.79 Å². The van der Waals surface area contributed by atoms with Crippen LogP contribution in [0.4, 0.5) is 10.1 Å². The Morgan fingerprint density at radius 1 is 1.12 bits per heavy atom. The molecule has 0 unspecified atom stereocenters. The summed E-state index contributed by atoms with van der Waals surface area (Å²) in [4.78, 5) is 12.1. The fourth-order valence-corrected chi connectivity index (χ4v) is 2.91. The third kappa shape index (κ3) is 4.87. The summed E-state index contributed by atoms with van der Waals surface area (Å²) in [6.45, 7) is 1.56.